The van der Waals surface area contributed by atoms with Gasteiger partial charge < -0.3 is 20.5 Å². The Bertz CT molecular complexity index is 391. The van der Waals surface area contributed by atoms with Crippen molar-refractivity contribution in [2.45, 2.75) is 56.7 Å². The maximum Gasteiger partial charge on any atom is 0.315 e. The molecular formula is C15H24N2O4. The number of rotatable bonds is 4. The molecule has 1 saturated carbocycles. The molecule has 1 heterocycles. The maximum absolute atomic E-state index is 12.0. The zero-order chi connectivity index (χ0) is 15.2. The van der Waals surface area contributed by atoms with Crippen LogP contribution in [-0.4, -0.2) is 41.9 Å². The van der Waals surface area contributed by atoms with Crippen molar-refractivity contribution in [3.63, 3.8) is 0 Å². The topological polar surface area (TPSA) is 87.7 Å². The Hall–Kier alpha value is -1.56. The number of hydrogen-bond donors (Lipinski definition) is 3. The molecule has 2 rings (SSSR count). The number of carbonyl (C=O) groups excluding carboxylic acids is 1. The fraction of sp³-hybridized carbons (Fsp3) is 0.733. The van der Waals surface area contributed by atoms with Gasteiger partial charge in [-0.05, 0) is 38.5 Å². The number of nitrogens with one attached hydrogen (secondary N) is 2. The molecule has 1 aliphatic heterocycles. The Balaban J connectivity index is 1.74. The van der Waals surface area contributed by atoms with Gasteiger partial charge >= 0.3 is 12.0 Å². The second-order valence-corrected chi connectivity index (χ2v) is 5.82. The lowest BCUT2D eigenvalue weighted by atomic mass is 9.86. The summed E-state index contributed by atoms with van der Waals surface area (Å²) in [5.41, 5.74) is 0. The van der Waals surface area contributed by atoms with Crippen LogP contribution < -0.4 is 10.6 Å². The molecule has 0 bridgehead atoms. The molecule has 2 amide bonds. The number of urea groups is 1. The summed E-state index contributed by atoms with van der Waals surface area (Å²) < 4.78 is 5.55. The van der Waals surface area contributed by atoms with Gasteiger partial charge in [-0.1, -0.05) is 6.08 Å². The molecule has 3 N–H and O–H groups in total. The van der Waals surface area contributed by atoms with Gasteiger partial charge in [0.2, 0.25) is 0 Å². The van der Waals surface area contributed by atoms with Gasteiger partial charge in [-0.25, -0.2) is 4.79 Å². The molecule has 6 heteroatoms. The molecule has 0 aromatic heterocycles. The fourth-order valence-electron chi connectivity index (χ4n) is 3.07. The lowest BCUT2D eigenvalue weighted by molar-refractivity contribution is -0.142. The third-order valence-electron chi connectivity index (χ3n) is 4.33. The van der Waals surface area contributed by atoms with Gasteiger partial charge in [0.15, 0.2) is 0 Å². The van der Waals surface area contributed by atoms with E-state index < -0.39 is 5.97 Å². The van der Waals surface area contributed by atoms with E-state index in [4.69, 9.17) is 9.84 Å². The van der Waals surface area contributed by atoms with Gasteiger partial charge in [-0.15, -0.1) is 6.58 Å². The molecule has 0 aromatic rings. The average molecular weight is 296 g/mol. The van der Waals surface area contributed by atoms with Crippen molar-refractivity contribution >= 4 is 12.0 Å². The largest absolute Gasteiger partial charge is 0.481 e. The molecule has 1 saturated heterocycles. The summed E-state index contributed by atoms with van der Waals surface area (Å²) in [5.74, 6) is -0.992. The van der Waals surface area contributed by atoms with E-state index in [9.17, 15) is 9.59 Å². The van der Waals surface area contributed by atoms with Crippen molar-refractivity contribution in [1.82, 2.24) is 10.6 Å². The molecule has 1 aliphatic carbocycles. The Kier molecular flexibility index (Phi) is 5.61. The quantitative estimate of drug-likeness (QED) is 0.689. The van der Waals surface area contributed by atoms with E-state index in [0.29, 0.717) is 19.4 Å². The number of carboxylic acids is 1. The summed E-state index contributed by atoms with van der Waals surface area (Å²) in [7, 11) is 0. The highest BCUT2D eigenvalue weighted by molar-refractivity contribution is 5.75. The molecule has 0 aromatic carbocycles. The first-order valence-electron chi connectivity index (χ1n) is 7.64. The van der Waals surface area contributed by atoms with E-state index in [2.05, 4.69) is 17.2 Å². The van der Waals surface area contributed by atoms with Crippen LogP contribution in [0.25, 0.3) is 0 Å². The first kappa shape index (κ1) is 15.8. The fourth-order valence-corrected chi connectivity index (χ4v) is 3.07. The highest BCUT2D eigenvalue weighted by Gasteiger charge is 2.28. The van der Waals surface area contributed by atoms with Crippen LogP contribution in [0.15, 0.2) is 12.7 Å². The van der Waals surface area contributed by atoms with Crippen LogP contribution in [0.3, 0.4) is 0 Å². The molecule has 2 aliphatic rings. The van der Waals surface area contributed by atoms with Crippen molar-refractivity contribution in [2.75, 3.05) is 6.61 Å². The second kappa shape index (κ2) is 7.45. The van der Waals surface area contributed by atoms with Crippen LogP contribution in [0.2, 0.25) is 0 Å². The average Bonchev–Trinajstić information content (AvgIpc) is 2.48. The number of carboxylic acid groups (broad SMARTS) is 1. The van der Waals surface area contributed by atoms with Crippen LogP contribution in [0.4, 0.5) is 4.79 Å². The summed E-state index contributed by atoms with van der Waals surface area (Å²) in [4.78, 5) is 22.9. The normalized spacial score (nSPS) is 33.0. The van der Waals surface area contributed by atoms with E-state index in [1.54, 1.807) is 6.08 Å². The van der Waals surface area contributed by atoms with Crippen molar-refractivity contribution < 1.29 is 19.4 Å². The van der Waals surface area contributed by atoms with Crippen molar-refractivity contribution in [2.24, 2.45) is 5.92 Å². The number of aliphatic carboxylic acids is 1. The lowest BCUT2D eigenvalue weighted by Gasteiger charge is -2.32. The second-order valence-electron chi connectivity index (χ2n) is 5.82. The van der Waals surface area contributed by atoms with E-state index in [1.807, 2.05) is 0 Å². The highest BCUT2D eigenvalue weighted by atomic mass is 16.5. The van der Waals surface area contributed by atoms with Crippen LogP contribution in [0.5, 0.6) is 0 Å². The summed E-state index contributed by atoms with van der Waals surface area (Å²) in [6, 6.07) is -0.171. The van der Waals surface area contributed by atoms with E-state index in [-0.39, 0.29) is 30.1 Å². The van der Waals surface area contributed by atoms with E-state index >= 15 is 0 Å². The van der Waals surface area contributed by atoms with Crippen molar-refractivity contribution in [1.29, 1.82) is 0 Å². The molecule has 0 unspecified atom stereocenters. The van der Waals surface area contributed by atoms with Gasteiger partial charge in [0, 0.05) is 12.6 Å². The van der Waals surface area contributed by atoms with Crippen LogP contribution in [0.1, 0.15) is 38.5 Å². The van der Waals surface area contributed by atoms with Gasteiger partial charge in [-0.3, -0.25) is 4.79 Å². The first-order valence-corrected chi connectivity index (χ1v) is 7.64. The number of carbonyl (C=O) groups is 2. The first-order chi connectivity index (χ1) is 10.1. The lowest BCUT2D eigenvalue weighted by Crippen LogP contribution is -2.52. The number of amides is 2. The van der Waals surface area contributed by atoms with Crippen molar-refractivity contribution in [3.8, 4) is 0 Å². The Morgan fingerprint density at radius 2 is 1.86 bits per heavy atom. The zero-order valence-corrected chi connectivity index (χ0v) is 12.2. The molecule has 21 heavy (non-hydrogen) atoms. The van der Waals surface area contributed by atoms with Gasteiger partial charge in [0.25, 0.3) is 0 Å². The maximum atomic E-state index is 12.0. The minimum atomic E-state index is -0.730. The van der Waals surface area contributed by atoms with Gasteiger partial charge in [0.05, 0.1) is 18.1 Å². The van der Waals surface area contributed by atoms with E-state index in [0.717, 1.165) is 25.7 Å². The zero-order valence-electron chi connectivity index (χ0n) is 12.2. The molecular weight excluding hydrogens is 272 g/mol. The molecule has 6 nitrogen and oxygen atoms in total. The highest BCUT2D eigenvalue weighted by Crippen LogP contribution is 2.24. The smallest absolute Gasteiger partial charge is 0.315 e. The summed E-state index contributed by atoms with van der Waals surface area (Å²) in [5, 5.41) is 14.8. The van der Waals surface area contributed by atoms with Crippen LogP contribution >= 0.6 is 0 Å². The van der Waals surface area contributed by atoms with Crippen LogP contribution in [-0.2, 0) is 9.53 Å². The van der Waals surface area contributed by atoms with E-state index in [1.165, 1.54) is 0 Å². The Morgan fingerprint density at radius 3 is 2.48 bits per heavy atom. The summed E-state index contributed by atoms with van der Waals surface area (Å²) >= 11 is 0. The Morgan fingerprint density at radius 1 is 1.14 bits per heavy atom. The third kappa shape index (κ3) is 4.46. The third-order valence-corrected chi connectivity index (χ3v) is 4.33. The predicted octanol–water partition coefficient (Wildman–Crippen LogP) is 1.66. The number of hydrogen-bond acceptors (Lipinski definition) is 3. The minimum Gasteiger partial charge on any atom is -0.481 e. The monoisotopic (exact) mass is 296 g/mol. The summed E-state index contributed by atoms with van der Waals surface area (Å²) in [6.07, 6.45) is 6.10. The van der Waals surface area contributed by atoms with Crippen molar-refractivity contribution in [3.05, 3.63) is 12.7 Å². The minimum absolute atomic E-state index is 0.0355. The van der Waals surface area contributed by atoms with Gasteiger partial charge in [-0.2, -0.15) is 0 Å². The molecule has 0 spiro atoms. The number of ether oxygens (including phenoxy) is 1. The standard InChI is InChI=1S/C15H24N2O4/c1-2-13-12(4-3-9-21-13)17-15(20)16-11-7-5-10(6-8-11)14(18)19/h2,10-13H,1,3-9H2,(H,18,19)(H2,16,17,20)/t10?,11?,12-,13+/m1/s1. The van der Waals surface area contributed by atoms with Gasteiger partial charge in [0.1, 0.15) is 0 Å². The summed E-state index contributed by atoms with van der Waals surface area (Å²) in [6.45, 7) is 4.43. The molecule has 0 radical (unpaired) electrons. The molecule has 2 fully saturated rings. The Labute approximate surface area is 124 Å². The van der Waals surface area contributed by atoms with Crippen LogP contribution in [0, 0.1) is 5.92 Å². The molecule has 2 atom stereocenters. The molecule has 118 valence electrons. The SMILES string of the molecule is C=C[C@@H]1OCCC[C@H]1NC(=O)NC1CCC(C(=O)O)CC1. The predicted molar refractivity (Wildman–Crippen MR) is 78.0 cm³/mol.